The van der Waals surface area contributed by atoms with Gasteiger partial charge in [0, 0.05) is 34.8 Å². The number of aliphatic hydroxyl groups is 1. The Kier molecular flexibility index (Phi) is 5.46. The Balaban J connectivity index is 1.50. The van der Waals surface area contributed by atoms with Crippen LogP contribution in [0.4, 0.5) is 5.82 Å². The number of thiophene rings is 1. The number of phenolic OH excluding ortho intramolecular Hbond substituents is 1. The standard InChI is InChI=1S/C22H28N4O2S/c1-14-11-19(23-15-5-4-9-26(12-15)13-22(2,3)28)24-25-20(14)17-6-7-18-16(21(17)27)8-10-29-18/h6-8,10-11,15,27-28H,4-5,9,12-13H2,1-3H3,(H,23,24)/t15-/m0/s1. The lowest BCUT2D eigenvalue weighted by atomic mass is 10.0. The first-order chi connectivity index (χ1) is 13.8. The molecule has 7 heteroatoms. The van der Waals surface area contributed by atoms with Crippen LogP contribution in [0.5, 0.6) is 5.75 Å². The quantitative estimate of drug-likeness (QED) is 0.587. The zero-order valence-corrected chi connectivity index (χ0v) is 18.0. The third kappa shape index (κ3) is 4.52. The maximum absolute atomic E-state index is 10.7. The zero-order chi connectivity index (χ0) is 20.6. The second kappa shape index (κ2) is 7.89. The zero-order valence-electron chi connectivity index (χ0n) is 17.1. The third-order valence-corrected chi connectivity index (χ3v) is 6.20. The number of anilines is 1. The van der Waals surface area contributed by atoms with Gasteiger partial charge in [0.1, 0.15) is 11.6 Å². The summed E-state index contributed by atoms with van der Waals surface area (Å²) < 4.78 is 1.06. The molecule has 154 valence electrons. The average Bonchev–Trinajstić information content (AvgIpc) is 3.11. The van der Waals surface area contributed by atoms with E-state index in [1.54, 1.807) is 11.3 Å². The van der Waals surface area contributed by atoms with Crippen molar-refractivity contribution in [3.05, 3.63) is 35.2 Å². The first kappa shape index (κ1) is 20.1. The highest BCUT2D eigenvalue weighted by molar-refractivity contribution is 7.17. The molecule has 0 radical (unpaired) electrons. The summed E-state index contributed by atoms with van der Waals surface area (Å²) in [6.07, 6.45) is 2.16. The minimum absolute atomic E-state index is 0.261. The number of hydrogen-bond acceptors (Lipinski definition) is 7. The molecule has 2 aromatic heterocycles. The first-order valence-electron chi connectivity index (χ1n) is 10.1. The van der Waals surface area contributed by atoms with Crippen molar-refractivity contribution in [2.45, 2.75) is 45.3 Å². The van der Waals surface area contributed by atoms with E-state index >= 15 is 0 Å². The number of rotatable bonds is 5. The number of aromatic hydroxyl groups is 1. The van der Waals surface area contributed by atoms with E-state index in [0.717, 1.165) is 47.4 Å². The van der Waals surface area contributed by atoms with E-state index in [2.05, 4.69) is 20.4 Å². The number of phenols is 1. The van der Waals surface area contributed by atoms with Crippen molar-refractivity contribution in [3.63, 3.8) is 0 Å². The molecule has 0 aliphatic carbocycles. The summed E-state index contributed by atoms with van der Waals surface area (Å²) in [4.78, 5) is 2.30. The lowest BCUT2D eigenvalue weighted by molar-refractivity contribution is 0.0286. The van der Waals surface area contributed by atoms with E-state index in [4.69, 9.17) is 0 Å². The molecule has 29 heavy (non-hydrogen) atoms. The molecule has 0 bridgehead atoms. The molecule has 0 spiro atoms. The molecule has 0 amide bonds. The van der Waals surface area contributed by atoms with Crippen molar-refractivity contribution in [2.75, 3.05) is 25.0 Å². The van der Waals surface area contributed by atoms with Crippen molar-refractivity contribution < 1.29 is 10.2 Å². The number of hydrogen-bond donors (Lipinski definition) is 3. The maximum atomic E-state index is 10.7. The molecule has 1 saturated heterocycles. The Bertz CT molecular complexity index is 1010. The van der Waals surface area contributed by atoms with Gasteiger partial charge in [-0.1, -0.05) is 0 Å². The molecule has 1 aliphatic rings. The van der Waals surface area contributed by atoms with Gasteiger partial charge >= 0.3 is 0 Å². The maximum Gasteiger partial charge on any atom is 0.149 e. The summed E-state index contributed by atoms with van der Waals surface area (Å²) in [5.74, 6) is 1.01. The second-order valence-electron chi connectivity index (χ2n) is 8.59. The van der Waals surface area contributed by atoms with Crippen LogP contribution in [0.25, 0.3) is 21.3 Å². The number of fused-ring (bicyclic) bond motifs is 1. The van der Waals surface area contributed by atoms with Gasteiger partial charge in [0.05, 0.1) is 11.3 Å². The lowest BCUT2D eigenvalue weighted by Crippen LogP contribution is -2.47. The summed E-state index contributed by atoms with van der Waals surface area (Å²) in [7, 11) is 0. The molecule has 3 N–H and O–H groups in total. The largest absolute Gasteiger partial charge is 0.507 e. The Hall–Kier alpha value is -2.22. The Morgan fingerprint density at radius 2 is 2.10 bits per heavy atom. The molecule has 1 aromatic carbocycles. The van der Waals surface area contributed by atoms with E-state index in [-0.39, 0.29) is 11.8 Å². The number of aryl methyl sites for hydroxylation is 1. The summed E-state index contributed by atoms with van der Waals surface area (Å²) in [5.41, 5.74) is 1.69. The fourth-order valence-corrected chi connectivity index (χ4v) is 4.90. The lowest BCUT2D eigenvalue weighted by Gasteiger charge is -2.36. The number of likely N-dealkylation sites (tertiary alicyclic amines) is 1. The SMILES string of the molecule is Cc1cc(N[C@H]2CCCN(CC(C)(C)O)C2)nnc1-c1ccc2sccc2c1O. The van der Waals surface area contributed by atoms with Crippen LogP contribution < -0.4 is 5.32 Å². The second-order valence-corrected chi connectivity index (χ2v) is 9.53. The Morgan fingerprint density at radius 3 is 2.86 bits per heavy atom. The third-order valence-electron chi connectivity index (χ3n) is 5.31. The molecular formula is C22H28N4O2S. The number of aromatic nitrogens is 2. The molecular weight excluding hydrogens is 384 g/mol. The van der Waals surface area contributed by atoms with Crippen LogP contribution in [-0.2, 0) is 0 Å². The van der Waals surface area contributed by atoms with Gasteiger partial charge in [-0.15, -0.1) is 21.5 Å². The highest BCUT2D eigenvalue weighted by Gasteiger charge is 2.25. The molecule has 4 rings (SSSR count). The molecule has 1 aliphatic heterocycles. The Morgan fingerprint density at radius 1 is 1.28 bits per heavy atom. The molecule has 6 nitrogen and oxygen atoms in total. The molecule has 1 atom stereocenters. The van der Waals surface area contributed by atoms with Crippen molar-refractivity contribution in [2.24, 2.45) is 0 Å². The van der Waals surface area contributed by atoms with Crippen LogP contribution in [0.2, 0.25) is 0 Å². The molecule has 3 heterocycles. The van der Waals surface area contributed by atoms with Crippen molar-refractivity contribution in [1.29, 1.82) is 0 Å². The average molecular weight is 413 g/mol. The topological polar surface area (TPSA) is 81.5 Å². The number of nitrogens with zero attached hydrogens (tertiary/aromatic N) is 3. The predicted octanol–water partition coefficient (Wildman–Crippen LogP) is 4.02. The van der Waals surface area contributed by atoms with Crippen LogP contribution in [0.15, 0.2) is 29.6 Å². The van der Waals surface area contributed by atoms with E-state index in [1.165, 1.54) is 0 Å². The molecule has 3 aromatic rings. The number of nitrogens with one attached hydrogen (secondary N) is 1. The van der Waals surface area contributed by atoms with Gasteiger partial charge in [-0.2, -0.15) is 0 Å². The molecule has 1 fully saturated rings. The minimum Gasteiger partial charge on any atom is -0.507 e. The smallest absolute Gasteiger partial charge is 0.149 e. The fraction of sp³-hybridized carbons (Fsp3) is 0.455. The van der Waals surface area contributed by atoms with Crippen LogP contribution in [-0.4, -0.2) is 56.6 Å². The van der Waals surface area contributed by atoms with E-state index < -0.39 is 5.60 Å². The highest BCUT2D eigenvalue weighted by Crippen LogP contribution is 2.38. The van der Waals surface area contributed by atoms with Gasteiger partial charge < -0.3 is 15.5 Å². The van der Waals surface area contributed by atoms with Gasteiger partial charge in [-0.05, 0) is 75.4 Å². The minimum atomic E-state index is -0.689. The van der Waals surface area contributed by atoms with E-state index in [9.17, 15) is 10.2 Å². The predicted molar refractivity (Wildman–Crippen MR) is 119 cm³/mol. The van der Waals surface area contributed by atoms with Gasteiger partial charge in [-0.3, -0.25) is 4.90 Å². The van der Waals surface area contributed by atoms with Crippen LogP contribution in [0.3, 0.4) is 0 Å². The Labute approximate surface area is 175 Å². The van der Waals surface area contributed by atoms with Crippen LogP contribution in [0.1, 0.15) is 32.3 Å². The van der Waals surface area contributed by atoms with Crippen molar-refractivity contribution in [3.8, 4) is 17.0 Å². The molecule has 0 unspecified atom stereocenters. The van der Waals surface area contributed by atoms with Crippen LogP contribution >= 0.6 is 11.3 Å². The fourth-order valence-electron chi connectivity index (χ4n) is 4.11. The molecule has 0 saturated carbocycles. The van der Waals surface area contributed by atoms with Crippen molar-refractivity contribution >= 4 is 27.2 Å². The monoisotopic (exact) mass is 412 g/mol. The normalized spacial score (nSPS) is 18.3. The first-order valence-corrected chi connectivity index (χ1v) is 10.9. The number of β-amino-alcohol motifs (C(OH)–C–C–N with tert-alkyl or cyclic N) is 1. The number of benzene rings is 1. The van der Waals surface area contributed by atoms with Crippen LogP contribution in [0, 0.1) is 6.92 Å². The van der Waals surface area contributed by atoms with Crippen molar-refractivity contribution in [1.82, 2.24) is 15.1 Å². The van der Waals surface area contributed by atoms with Gasteiger partial charge in [0.25, 0.3) is 0 Å². The summed E-state index contributed by atoms with van der Waals surface area (Å²) in [6, 6.07) is 8.13. The van der Waals surface area contributed by atoms with Gasteiger partial charge in [-0.25, -0.2) is 0 Å². The summed E-state index contributed by atoms with van der Waals surface area (Å²) in [6.45, 7) is 8.24. The summed E-state index contributed by atoms with van der Waals surface area (Å²) >= 11 is 1.61. The van der Waals surface area contributed by atoms with E-state index in [0.29, 0.717) is 17.8 Å². The highest BCUT2D eigenvalue weighted by atomic mass is 32.1. The van der Waals surface area contributed by atoms with E-state index in [1.807, 2.05) is 50.4 Å². The van der Waals surface area contributed by atoms with Gasteiger partial charge in [0.2, 0.25) is 0 Å². The van der Waals surface area contributed by atoms with Gasteiger partial charge in [0.15, 0.2) is 0 Å². The summed E-state index contributed by atoms with van der Waals surface area (Å²) in [5, 5.41) is 35.9. The number of piperidine rings is 1.